The summed E-state index contributed by atoms with van der Waals surface area (Å²) in [6.45, 7) is 0. The molecule has 0 amide bonds. The van der Waals surface area contributed by atoms with Crippen molar-refractivity contribution in [3.05, 3.63) is 18.0 Å². The third-order valence-electron chi connectivity index (χ3n) is 3.17. The number of hydrogen-bond donors (Lipinski definition) is 1. The van der Waals surface area contributed by atoms with Crippen molar-refractivity contribution in [2.45, 2.75) is 44.1 Å². The average Bonchev–Trinajstić information content (AvgIpc) is 2.73. The topological polar surface area (TPSA) is 38.0 Å². The first-order chi connectivity index (χ1) is 6.68. The van der Waals surface area contributed by atoms with E-state index in [-0.39, 0.29) is 5.60 Å². The van der Waals surface area contributed by atoms with Gasteiger partial charge in [-0.05, 0) is 31.2 Å². The van der Waals surface area contributed by atoms with Crippen molar-refractivity contribution in [1.29, 1.82) is 0 Å². The zero-order valence-electron chi connectivity index (χ0n) is 8.74. The van der Waals surface area contributed by atoms with Crippen molar-refractivity contribution >= 4 is 0 Å². The van der Waals surface area contributed by atoms with Gasteiger partial charge in [-0.2, -0.15) is 5.10 Å². The van der Waals surface area contributed by atoms with E-state index in [0.29, 0.717) is 0 Å². The van der Waals surface area contributed by atoms with E-state index in [1.807, 2.05) is 24.1 Å². The van der Waals surface area contributed by atoms with E-state index in [1.54, 1.807) is 0 Å². The fourth-order valence-electron chi connectivity index (χ4n) is 2.26. The minimum absolute atomic E-state index is 0.379. The van der Waals surface area contributed by atoms with Gasteiger partial charge < -0.3 is 5.11 Å². The van der Waals surface area contributed by atoms with E-state index in [9.17, 15) is 5.11 Å². The summed E-state index contributed by atoms with van der Waals surface area (Å²) in [5.41, 5.74) is 0.850. The molecule has 78 valence electrons. The van der Waals surface area contributed by atoms with Crippen molar-refractivity contribution in [2.75, 3.05) is 0 Å². The lowest BCUT2D eigenvalue weighted by atomic mass is 9.94. The van der Waals surface area contributed by atoms with Gasteiger partial charge in [0.05, 0.1) is 11.8 Å². The van der Waals surface area contributed by atoms with Gasteiger partial charge >= 0.3 is 0 Å². The number of hydrogen-bond acceptors (Lipinski definition) is 2. The fourth-order valence-corrected chi connectivity index (χ4v) is 2.26. The lowest BCUT2D eigenvalue weighted by Crippen LogP contribution is -2.24. The molecule has 1 fully saturated rings. The zero-order chi connectivity index (χ0) is 10.0. The normalized spacial score (nSPS) is 20.1. The summed E-state index contributed by atoms with van der Waals surface area (Å²) in [7, 11) is 1.92. The summed E-state index contributed by atoms with van der Waals surface area (Å²) < 4.78 is 1.81. The molecule has 0 spiro atoms. The number of aromatic nitrogens is 2. The monoisotopic (exact) mass is 194 g/mol. The highest BCUT2D eigenvalue weighted by atomic mass is 16.3. The van der Waals surface area contributed by atoms with Crippen LogP contribution in [-0.4, -0.2) is 20.5 Å². The standard InChI is InChI=1S/C11H18N2O/c1-13-9-10(8-12-13)4-7-11(14)5-2-3-6-11/h8-9,14H,2-7H2,1H3. The van der Waals surface area contributed by atoms with E-state index < -0.39 is 0 Å². The molecule has 1 aliphatic carbocycles. The van der Waals surface area contributed by atoms with Crippen LogP contribution in [0.25, 0.3) is 0 Å². The molecule has 3 heteroatoms. The molecule has 1 aromatic heterocycles. The molecule has 0 aromatic carbocycles. The van der Waals surface area contributed by atoms with Gasteiger partial charge in [0.15, 0.2) is 0 Å². The minimum atomic E-state index is -0.379. The van der Waals surface area contributed by atoms with Crippen LogP contribution in [-0.2, 0) is 13.5 Å². The molecule has 2 rings (SSSR count). The number of nitrogens with zero attached hydrogens (tertiary/aromatic N) is 2. The van der Waals surface area contributed by atoms with E-state index in [1.165, 1.54) is 18.4 Å². The smallest absolute Gasteiger partial charge is 0.0651 e. The second-order valence-electron chi connectivity index (χ2n) is 4.45. The summed E-state index contributed by atoms with van der Waals surface area (Å²) in [6.07, 6.45) is 10.1. The molecule has 0 saturated heterocycles. The second kappa shape index (κ2) is 3.73. The Labute approximate surface area is 84.7 Å². The van der Waals surface area contributed by atoms with Crippen molar-refractivity contribution in [3.8, 4) is 0 Å². The molecule has 3 nitrogen and oxygen atoms in total. The molecule has 0 bridgehead atoms. The first-order valence-electron chi connectivity index (χ1n) is 5.38. The predicted octanol–water partition coefficient (Wildman–Crippen LogP) is 1.66. The van der Waals surface area contributed by atoms with Crippen LogP contribution in [0.5, 0.6) is 0 Å². The van der Waals surface area contributed by atoms with Crippen molar-refractivity contribution in [2.24, 2.45) is 7.05 Å². The SMILES string of the molecule is Cn1cc(CCC2(O)CCCC2)cn1. The molecular formula is C11H18N2O. The van der Waals surface area contributed by atoms with Gasteiger partial charge in [0.1, 0.15) is 0 Å². The predicted molar refractivity (Wildman–Crippen MR) is 54.9 cm³/mol. The van der Waals surface area contributed by atoms with E-state index in [0.717, 1.165) is 25.7 Å². The molecule has 0 unspecified atom stereocenters. The maximum atomic E-state index is 10.1. The van der Waals surface area contributed by atoms with Gasteiger partial charge in [-0.1, -0.05) is 12.8 Å². The van der Waals surface area contributed by atoms with Gasteiger partial charge in [0, 0.05) is 13.2 Å². The molecule has 1 saturated carbocycles. The molecule has 1 aromatic rings. The minimum Gasteiger partial charge on any atom is -0.390 e. The second-order valence-corrected chi connectivity index (χ2v) is 4.45. The summed E-state index contributed by atoms with van der Waals surface area (Å²) in [5.74, 6) is 0. The number of rotatable bonds is 3. The lowest BCUT2D eigenvalue weighted by molar-refractivity contribution is 0.0391. The van der Waals surface area contributed by atoms with Gasteiger partial charge in [0.25, 0.3) is 0 Å². The van der Waals surface area contributed by atoms with Crippen LogP contribution < -0.4 is 0 Å². The molecule has 0 atom stereocenters. The zero-order valence-corrected chi connectivity index (χ0v) is 8.74. The number of aryl methyl sites for hydroxylation is 2. The maximum absolute atomic E-state index is 10.1. The Morgan fingerprint density at radius 2 is 2.21 bits per heavy atom. The molecule has 1 aliphatic rings. The average molecular weight is 194 g/mol. The van der Waals surface area contributed by atoms with Crippen LogP contribution >= 0.6 is 0 Å². The van der Waals surface area contributed by atoms with Crippen LogP contribution in [0.15, 0.2) is 12.4 Å². The molecule has 0 radical (unpaired) electrons. The Morgan fingerprint density at radius 3 is 2.79 bits per heavy atom. The molecule has 14 heavy (non-hydrogen) atoms. The van der Waals surface area contributed by atoms with Crippen LogP contribution in [0.1, 0.15) is 37.7 Å². The molecule has 0 aliphatic heterocycles. The highest BCUT2D eigenvalue weighted by molar-refractivity contribution is 5.05. The van der Waals surface area contributed by atoms with Gasteiger partial charge in [-0.15, -0.1) is 0 Å². The van der Waals surface area contributed by atoms with E-state index in [4.69, 9.17) is 0 Å². The first-order valence-corrected chi connectivity index (χ1v) is 5.38. The summed E-state index contributed by atoms with van der Waals surface area (Å²) in [6, 6.07) is 0. The van der Waals surface area contributed by atoms with E-state index in [2.05, 4.69) is 5.10 Å². The summed E-state index contributed by atoms with van der Waals surface area (Å²) >= 11 is 0. The summed E-state index contributed by atoms with van der Waals surface area (Å²) in [4.78, 5) is 0. The maximum Gasteiger partial charge on any atom is 0.0651 e. The van der Waals surface area contributed by atoms with Crippen molar-refractivity contribution in [1.82, 2.24) is 9.78 Å². The van der Waals surface area contributed by atoms with Crippen LogP contribution in [0.3, 0.4) is 0 Å². The van der Waals surface area contributed by atoms with Gasteiger partial charge in [0.2, 0.25) is 0 Å². The van der Waals surface area contributed by atoms with Crippen LogP contribution in [0, 0.1) is 0 Å². The third kappa shape index (κ3) is 2.15. The largest absolute Gasteiger partial charge is 0.390 e. The highest BCUT2D eigenvalue weighted by Crippen LogP contribution is 2.33. The van der Waals surface area contributed by atoms with Crippen molar-refractivity contribution in [3.63, 3.8) is 0 Å². The van der Waals surface area contributed by atoms with Gasteiger partial charge in [-0.3, -0.25) is 4.68 Å². The highest BCUT2D eigenvalue weighted by Gasteiger charge is 2.30. The third-order valence-corrected chi connectivity index (χ3v) is 3.17. The summed E-state index contributed by atoms with van der Waals surface area (Å²) in [5, 5.41) is 14.3. The Morgan fingerprint density at radius 1 is 1.50 bits per heavy atom. The Hall–Kier alpha value is -0.830. The Balaban J connectivity index is 1.87. The van der Waals surface area contributed by atoms with Gasteiger partial charge in [-0.25, -0.2) is 0 Å². The Bertz CT molecular complexity index is 300. The molecule has 1 N–H and O–H groups in total. The Kier molecular flexibility index (Phi) is 2.59. The van der Waals surface area contributed by atoms with Crippen LogP contribution in [0.4, 0.5) is 0 Å². The molecular weight excluding hydrogens is 176 g/mol. The van der Waals surface area contributed by atoms with Crippen LogP contribution in [0.2, 0.25) is 0 Å². The molecule has 1 heterocycles. The fraction of sp³-hybridized carbons (Fsp3) is 0.727. The number of aliphatic hydroxyl groups is 1. The van der Waals surface area contributed by atoms with E-state index >= 15 is 0 Å². The first kappa shape index (κ1) is 9.71. The lowest BCUT2D eigenvalue weighted by Gasteiger charge is -2.21. The quantitative estimate of drug-likeness (QED) is 0.794. The van der Waals surface area contributed by atoms with Crippen molar-refractivity contribution < 1.29 is 5.11 Å².